The van der Waals surface area contributed by atoms with Gasteiger partial charge in [-0.25, -0.2) is 4.39 Å². The Balaban J connectivity index is 1.53. The zero-order valence-electron chi connectivity index (χ0n) is 14.0. The van der Waals surface area contributed by atoms with Crippen LogP contribution < -0.4 is 4.74 Å². The molecule has 1 aromatic heterocycles. The lowest BCUT2D eigenvalue weighted by atomic mass is 9.97. The van der Waals surface area contributed by atoms with Crippen LogP contribution in [-0.2, 0) is 0 Å². The molecule has 1 fully saturated rings. The summed E-state index contributed by atoms with van der Waals surface area (Å²) in [6.07, 6.45) is 5.21. The number of aromatic nitrogens is 1. The summed E-state index contributed by atoms with van der Waals surface area (Å²) >= 11 is 3.21. The number of rotatable bonds is 4. The normalized spacial score (nSPS) is 15.2. The molecule has 0 spiro atoms. The van der Waals surface area contributed by atoms with Gasteiger partial charge < -0.3 is 9.64 Å². The third kappa shape index (κ3) is 4.37. The number of amides is 1. The first-order valence-electron chi connectivity index (χ1n) is 8.32. The van der Waals surface area contributed by atoms with Crippen LogP contribution in [0.5, 0.6) is 5.75 Å². The number of hydrogen-bond acceptors (Lipinski definition) is 3. The van der Waals surface area contributed by atoms with Gasteiger partial charge in [0, 0.05) is 35.5 Å². The van der Waals surface area contributed by atoms with Crippen molar-refractivity contribution in [3.05, 3.63) is 58.1 Å². The van der Waals surface area contributed by atoms with Crippen molar-refractivity contribution in [1.29, 1.82) is 0 Å². The Morgan fingerprint density at radius 3 is 2.80 bits per heavy atom. The molecule has 0 aliphatic carbocycles. The van der Waals surface area contributed by atoms with Gasteiger partial charge in [-0.3, -0.25) is 9.78 Å². The number of piperidine rings is 1. The van der Waals surface area contributed by atoms with E-state index in [1.54, 1.807) is 23.4 Å². The van der Waals surface area contributed by atoms with Crippen LogP contribution in [0.2, 0.25) is 0 Å². The SMILES string of the molecule is Cc1cnccc1OCC1CCN(C(=O)c2ccc(Br)cc2F)CC1. The topological polar surface area (TPSA) is 42.4 Å². The number of halogens is 2. The number of carbonyl (C=O) groups is 1. The van der Waals surface area contributed by atoms with Crippen molar-refractivity contribution in [3.63, 3.8) is 0 Å². The summed E-state index contributed by atoms with van der Waals surface area (Å²) in [4.78, 5) is 18.3. The fourth-order valence-corrected chi connectivity index (χ4v) is 3.30. The molecule has 0 unspecified atom stereocenters. The van der Waals surface area contributed by atoms with Gasteiger partial charge in [-0.1, -0.05) is 15.9 Å². The molecule has 6 heteroatoms. The van der Waals surface area contributed by atoms with E-state index in [-0.39, 0.29) is 11.5 Å². The van der Waals surface area contributed by atoms with Crippen molar-refractivity contribution >= 4 is 21.8 Å². The first kappa shape index (κ1) is 17.9. The van der Waals surface area contributed by atoms with Crippen LogP contribution in [0.15, 0.2) is 41.1 Å². The lowest BCUT2D eigenvalue weighted by Gasteiger charge is -2.32. The van der Waals surface area contributed by atoms with Crippen molar-refractivity contribution in [2.45, 2.75) is 19.8 Å². The summed E-state index contributed by atoms with van der Waals surface area (Å²) in [5.41, 5.74) is 1.14. The van der Waals surface area contributed by atoms with Crippen molar-refractivity contribution < 1.29 is 13.9 Å². The van der Waals surface area contributed by atoms with E-state index in [4.69, 9.17) is 4.74 Å². The van der Waals surface area contributed by atoms with Gasteiger partial charge in [-0.05, 0) is 49.9 Å². The van der Waals surface area contributed by atoms with Gasteiger partial charge >= 0.3 is 0 Å². The standard InChI is InChI=1S/C19H20BrFN2O2/c1-13-11-22-7-4-18(13)25-12-14-5-8-23(9-6-14)19(24)16-3-2-15(20)10-17(16)21/h2-4,7,10-11,14H,5-6,8-9,12H2,1H3. The number of likely N-dealkylation sites (tertiary alicyclic amines) is 1. The van der Waals surface area contributed by atoms with E-state index in [2.05, 4.69) is 20.9 Å². The maximum Gasteiger partial charge on any atom is 0.256 e. The van der Waals surface area contributed by atoms with Gasteiger partial charge in [0.25, 0.3) is 5.91 Å². The van der Waals surface area contributed by atoms with E-state index in [1.807, 2.05) is 13.0 Å². The van der Waals surface area contributed by atoms with Crippen molar-refractivity contribution in [2.75, 3.05) is 19.7 Å². The van der Waals surface area contributed by atoms with E-state index in [0.29, 0.717) is 30.1 Å². The van der Waals surface area contributed by atoms with Gasteiger partial charge in [0.2, 0.25) is 0 Å². The predicted octanol–water partition coefficient (Wildman–Crippen LogP) is 4.22. The Morgan fingerprint density at radius 2 is 2.12 bits per heavy atom. The molecule has 1 aliphatic heterocycles. The number of nitrogens with zero attached hydrogens (tertiary/aromatic N) is 2. The summed E-state index contributed by atoms with van der Waals surface area (Å²) in [5.74, 6) is 0.518. The van der Waals surface area contributed by atoms with E-state index in [9.17, 15) is 9.18 Å². The molecule has 3 rings (SSSR count). The average Bonchev–Trinajstić information content (AvgIpc) is 2.61. The molecule has 2 heterocycles. The van der Waals surface area contributed by atoms with Crippen LogP contribution in [0.25, 0.3) is 0 Å². The maximum atomic E-state index is 14.0. The number of ether oxygens (including phenoxy) is 1. The van der Waals surface area contributed by atoms with Crippen LogP contribution in [0, 0.1) is 18.7 Å². The highest BCUT2D eigenvalue weighted by atomic mass is 79.9. The van der Waals surface area contributed by atoms with Crippen LogP contribution >= 0.6 is 15.9 Å². The first-order valence-corrected chi connectivity index (χ1v) is 9.11. The highest BCUT2D eigenvalue weighted by Crippen LogP contribution is 2.23. The molecular formula is C19H20BrFN2O2. The summed E-state index contributed by atoms with van der Waals surface area (Å²) in [7, 11) is 0. The van der Waals surface area contributed by atoms with E-state index in [1.165, 1.54) is 12.1 Å². The van der Waals surface area contributed by atoms with Crippen LogP contribution in [0.3, 0.4) is 0 Å². The molecular weight excluding hydrogens is 387 g/mol. The number of benzene rings is 1. The van der Waals surface area contributed by atoms with Crippen LogP contribution in [-0.4, -0.2) is 35.5 Å². The largest absolute Gasteiger partial charge is 0.493 e. The molecule has 25 heavy (non-hydrogen) atoms. The fraction of sp³-hybridized carbons (Fsp3) is 0.368. The molecule has 0 atom stereocenters. The number of hydrogen-bond donors (Lipinski definition) is 0. The third-order valence-corrected chi connectivity index (χ3v) is 5.00. The number of aryl methyl sites for hydroxylation is 1. The first-order chi connectivity index (χ1) is 12.0. The fourth-order valence-electron chi connectivity index (χ4n) is 2.97. The summed E-state index contributed by atoms with van der Waals surface area (Å²) in [6, 6.07) is 6.41. The third-order valence-electron chi connectivity index (χ3n) is 4.51. The molecule has 0 saturated carbocycles. The monoisotopic (exact) mass is 406 g/mol. The second-order valence-electron chi connectivity index (χ2n) is 6.31. The molecule has 0 bridgehead atoms. The molecule has 1 saturated heterocycles. The maximum absolute atomic E-state index is 14.0. The molecule has 2 aromatic rings. The number of carbonyl (C=O) groups excluding carboxylic acids is 1. The average molecular weight is 407 g/mol. The van der Waals surface area contributed by atoms with E-state index >= 15 is 0 Å². The minimum absolute atomic E-state index is 0.130. The molecule has 0 radical (unpaired) electrons. The quantitative estimate of drug-likeness (QED) is 0.762. The Kier molecular flexibility index (Phi) is 5.68. The van der Waals surface area contributed by atoms with Crippen molar-refractivity contribution in [2.24, 2.45) is 5.92 Å². The van der Waals surface area contributed by atoms with Gasteiger partial charge in [-0.15, -0.1) is 0 Å². The van der Waals surface area contributed by atoms with Gasteiger partial charge in [0.05, 0.1) is 12.2 Å². The molecule has 4 nitrogen and oxygen atoms in total. The second-order valence-corrected chi connectivity index (χ2v) is 7.23. The molecule has 1 aliphatic rings. The smallest absolute Gasteiger partial charge is 0.256 e. The molecule has 132 valence electrons. The van der Waals surface area contributed by atoms with E-state index in [0.717, 1.165) is 24.2 Å². The van der Waals surface area contributed by atoms with Gasteiger partial charge in [0.1, 0.15) is 11.6 Å². The second kappa shape index (κ2) is 7.95. The predicted molar refractivity (Wildman–Crippen MR) is 97.2 cm³/mol. The van der Waals surface area contributed by atoms with Gasteiger partial charge in [0.15, 0.2) is 0 Å². The van der Waals surface area contributed by atoms with Crippen molar-refractivity contribution in [1.82, 2.24) is 9.88 Å². The lowest BCUT2D eigenvalue weighted by molar-refractivity contribution is 0.0656. The van der Waals surface area contributed by atoms with Gasteiger partial charge in [-0.2, -0.15) is 0 Å². The zero-order valence-corrected chi connectivity index (χ0v) is 15.6. The minimum atomic E-state index is -0.488. The molecule has 1 aromatic carbocycles. The Morgan fingerprint density at radius 1 is 1.36 bits per heavy atom. The lowest BCUT2D eigenvalue weighted by Crippen LogP contribution is -2.40. The highest BCUT2D eigenvalue weighted by Gasteiger charge is 2.25. The molecule has 1 amide bonds. The Hall–Kier alpha value is -1.95. The summed E-state index contributed by atoms with van der Waals surface area (Å²) < 4.78 is 20.5. The Bertz CT molecular complexity index is 761. The van der Waals surface area contributed by atoms with E-state index < -0.39 is 5.82 Å². The summed E-state index contributed by atoms with van der Waals surface area (Å²) in [5, 5.41) is 0. The van der Waals surface area contributed by atoms with Crippen LogP contribution in [0.4, 0.5) is 4.39 Å². The minimum Gasteiger partial charge on any atom is -0.493 e. The Labute approximate surface area is 155 Å². The zero-order chi connectivity index (χ0) is 17.8. The van der Waals surface area contributed by atoms with Crippen LogP contribution in [0.1, 0.15) is 28.8 Å². The van der Waals surface area contributed by atoms with Crippen molar-refractivity contribution in [3.8, 4) is 5.75 Å². The molecule has 0 N–H and O–H groups in total. The number of pyridine rings is 1. The highest BCUT2D eigenvalue weighted by molar-refractivity contribution is 9.10. The summed E-state index contributed by atoms with van der Waals surface area (Å²) in [6.45, 7) is 3.84.